The summed E-state index contributed by atoms with van der Waals surface area (Å²) in [7, 11) is 0. The second-order valence-corrected chi connectivity index (χ2v) is 6.34. The molecule has 98 valence electrons. The molecule has 0 spiro atoms. The van der Waals surface area contributed by atoms with Crippen LogP contribution in [0.5, 0.6) is 0 Å². The topological polar surface area (TPSA) is 25.4 Å². The Morgan fingerprint density at radius 2 is 2.50 bits per heavy atom. The van der Waals surface area contributed by atoms with Gasteiger partial charge in [0.1, 0.15) is 0 Å². The van der Waals surface area contributed by atoms with E-state index >= 15 is 0 Å². The van der Waals surface area contributed by atoms with Gasteiger partial charge in [0, 0.05) is 24.5 Å². The van der Waals surface area contributed by atoms with Crippen molar-refractivity contribution < 1.29 is 4.74 Å². The van der Waals surface area contributed by atoms with Gasteiger partial charge < -0.3 is 4.74 Å². The summed E-state index contributed by atoms with van der Waals surface area (Å²) in [6.45, 7) is 8.64. The summed E-state index contributed by atoms with van der Waals surface area (Å²) in [5, 5.41) is 3.34. The number of piperidine rings is 1. The van der Waals surface area contributed by atoms with Crippen LogP contribution in [0.25, 0.3) is 0 Å². The first-order chi connectivity index (χ1) is 8.78. The third-order valence-corrected chi connectivity index (χ3v) is 4.88. The van der Waals surface area contributed by atoms with Gasteiger partial charge in [0.15, 0.2) is 0 Å². The number of aromatic nitrogens is 1. The zero-order valence-electron chi connectivity index (χ0n) is 10.8. The first-order valence-electron chi connectivity index (χ1n) is 6.65. The molecule has 1 aromatic heterocycles. The van der Waals surface area contributed by atoms with Crippen molar-refractivity contribution >= 4 is 11.3 Å². The summed E-state index contributed by atoms with van der Waals surface area (Å²) < 4.78 is 5.93. The number of rotatable bonds is 5. The van der Waals surface area contributed by atoms with E-state index in [1.807, 2.05) is 6.08 Å². The average Bonchev–Trinajstić information content (AvgIpc) is 3.02. The van der Waals surface area contributed by atoms with E-state index in [2.05, 4.69) is 28.8 Å². The Balaban J connectivity index is 1.64. The van der Waals surface area contributed by atoms with Crippen molar-refractivity contribution in [1.82, 2.24) is 9.88 Å². The second kappa shape index (κ2) is 5.11. The number of fused-ring (bicyclic) bond motifs is 2. The minimum Gasteiger partial charge on any atom is -0.372 e. The van der Waals surface area contributed by atoms with Gasteiger partial charge in [0.25, 0.3) is 0 Å². The molecule has 0 N–H and O–H groups in total. The van der Waals surface area contributed by atoms with Crippen LogP contribution in [0, 0.1) is 12.8 Å². The summed E-state index contributed by atoms with van der Waals surface area (Å²) in [4.78, 5) is 7.12. The Morgan fingerprint density at radius 3 is 3.22 bits per heavy atom. The molecule has 1 aliphatic heterocycles. The lowest BCUT2D eigenvalue weighted by Crippen LogP contribution is -2.34. The zero-order valence-corrected chi connectivity index (χ0v) is 11.7. The van der Waals surface area contributed by atoms with Crippen molar-refractivity contribution in [1.29, 1.82) is 0 Å². The molecular formula is C14H20N2OS. The van der Waals surface area contributed by atoms with Crippen molar-refractivity contribution in [3.05, 3.63) is 28.7 Å². The number of hydrogen-bond donors (Lipinski definition) is 0. The maximum absolute atomic E-state index is 5.93. The number of thiazole rings is 1. The van der Waals surface area contributed by atoms with Gasteiger partial charge in [-0.1, -0.05) is 6.08 Å². The molecule has 0 aromatic carbocycles. The SMILES string of the molecule is C=CCO[C@@H]1[C@H]2CC[C@H]1N(Cc1csc(C)n1)C2. The normalized spacial score (nSPS) is 31.1. The average molecular weight is 264 g/mol. The predicted octanol–water partition coefficient (Wildman–Crippen LogP) is 2.62. The van der Waals surface area contributed by atoms with Gasteiger partial charge in [-0.3, -0.25) is 4.90 Å². The lowest BCUT2D eigenvalue weighted by molar-refractivity contribution is 0.0445. The number of aryl methyl sites for hydroxylation is 1. The summed E-state index contributed by atoms with van der Waals surface area (Å²) in [5.74, 6) is 0.717. The molecule has 0 amide bonds. The van der Waals surface area contributed by atoms with E-state index in [9.17, 15) is 0 Å². The fourth-order valence-electron chi connectivity index (χ4n) is 3.35. The number of nitrogens with zero attached hydrogens (tertiary/aromatic N) is 2. The monoisotopic (exact) mass is 264 g/mol. The van der Waals surface area contributed by atoms with Crippen molar-refractivity contribution in [2.75, 3.05) is 13.2 Å². The molecule has 18 heavy (non-hydrogen) atoms. The number of ether oxygens (including phenoxy) is 1. The van der Waals surface area contributed by atoms with Crippen LogP contribution in [0.2, 0.25) is 0 Å². The third kappa shape index (κ3) is 2.25. The van der Waals surface area contributed by atoms with Gasteiger partial charge in [-0.05, 0) is 25.7 Å². The van der Waals surface area contributed by atoms with E-state index in [-0.39, 0.29) is 0 Å². The van der Waals surface area contributed by atoms with Crippen LogP contribution in [-0.4, -0.2) is 35.2 Å². The Kier molecular flexibility index (Phi) is 3.50. The van der Waals surface area contributed by atoms with Crippen LogP contribution in [0.1, 0.15) is 23.5 Å². The lowest BCUT2D eigenvalue weighted by Gasteiger charge is -2.26. The Bertz CT molecular complexity index is 431. The fraction of sp³-hybridized carbons (Fsp3) is 0.643. The van der Waals surface area contributed by atoms with Crippen molar-refractivity contribution in [2.45, 2.75) is 38.5 Å². The van der Waals surface area contributed by atoms with Crippen LogP contribution in [0.4, 0.5) is 0 Å². The van der Waals surface area contributed by atoms with Gasteiger partial charge in [-0.25, -0.2) is 4.98 Å². The van der Waals surface area contributed by atoms with E-state index in [1.54, 1.807) is 11.3 Å². The molecule has 3 rings (SSSR count). The maximum atomic E-state index is 5.93. The van der Waals surface area contributed by atoms with Crippen LogP contribution in [-0.2, 0) is 11.3 Å². The molecule has 0 radical (unpaired) electrons. The summed E-state index contributed by atoms with van der Waals surface area (Å²) in [5.41, 5.74) is 1.22. The van der Waals surface area contributed by atoms with Crippen LogP contribution in [0.3, 0.4) is 0 Å². The molecule has 0 unspecified atom stereocenters. The summed E-state index contributed by atoms with van der Waals surface area (Å²) in [6, 6.07) is 0.594. The number of likely N-dealkylation sites (tertiary alicyclic amines) is 1. The predicted molar refractivity (Wildman–Crippen MR) is 73.7 cm³/mol. The molecule has 2 bridgehead atoms. The van der Waals surface area contributed by atoms with Crippen molar-refractivity contribution in [2.24, 2.45) is 5.92 Å². The first-order valence-corrected chi connectivity index (χ1v) is 7.53. The van der Waals surface area contributed by atoms with Crippen molar-refractivity contribution in [3.8, 4) is 0 Å². The first kappa shape index (κ1) is 12.3. The van der Waals surface area contributed by atoms with E-state index in [4.69, 9.17) is 4.74 Å². The highest BCUT2D eigenvalue weighted by molar-refractivity contribution is 7.09. The zero-order chi connectivity index (χ0) is 12.5. The standard InChI is InChI=1S/C14H20N2OS/c1-3-6-17-14-11-4-5-13(14)16(7-11)8-12-9-18-10(2)15-12/h3,9,11,13-14H,1,4-8H2,2H3/t11-,13+,14+/m0/s1. The van der Waals surface area contributed by atoms with Crippen LogP contribution in [0.15, 0.2) is 18.0 Å². The summed E-state index contributed by atoms with van der Waals surface area (Å²) >= 11 is 1.74. The molecule has 3 nitrogen and oxygen atoms in total. The molecule has 1 saturated carbocycles. The molecule has 1 saturated heterocycles. The minimum absolute atomic E-state index is 0.419. The molecule has 2 fully saturated rings. The van der Waals surface area contributed by atoms with Crippen LogP contribution < -0.4 is 0 Å². The van der Waals surface area contributed by atoms with E-state index in [0.717, 1.165) is 17.5 Å². The van der Waals surface area contributed by atoms with Gasteiger partial charge in [0.05, 0.1) is 23.4 Å². The third-order valence-electron chi connectivity index (χ3n) is 4.05. The Labute approximate surface area is 112 Å². The quantitative estimate of drug-likeness (QED) is 0.764. The van der Waals surface area contributed by atoms with Crippen LogP contribution >= 0.6 is 11.3 Å². The highest BCUT2D eigenvalue weighted by Gasteiger charge is 2.47. The lowest BCUT2D eigenvalue weighted by atomic mass is 10.1. The van der Waals surface area contributed by atoms with E-state index in [0.29, 0.717) is 18.8 Å². The highest BCUT2D eigenvalue weighted by atomic mass is 32.1. The van der Waals surface area contributed by atoms with E-state index in [1.165, 1.54) is 25.1 Å². The van der Waals surface area contributed by atoms with Gasteiger partial charge in [-0.2, -0.15) is 0 Å². The summed E-state index contributed by atoms with van der Waals surface area (Å²) in [6.07, 6.45) is 4.86. The molecule has 2 heterocycles. The van der Waals surface area contributed by atoms with Gasteiger partial charge >= 0.3 is 0 Å². The minimum atomic E-state index is 0.419. The second-order valence-electron chi connectivity index (χ2n) is 5.28. The van der Waals surface area contributed by atoms with Crippen molar-refractivity contribution in [3.63, 3.8) is 0 Å². The molecule has 2 aliphatic rings. The molecule has 1 aliphatic carbocycles. The number of hydrogen-bond acceptors (Lipinski definition) is 4. The largest absolute Gasteiger partial charge is 0.372 e. The molecule has 4 heteroatoms. The molecule has 1 aromatic rings. The van der Waals surface area contributed by atoms with Gasteiger partial charge in [0.2, 0.25) is 0 Å². The smallest absolute Gasteiger partial charge is 0.0897 e. The van der Waals surface area contributed by atoms with Gasteiger partial charge in [-0.15, -0.1) is 17.9 Å². The Morgan fingerprint density at radius 1 is 1.61 bits per heavy atom. The molecule has 3 atom stereocenters. The highest BCUT2D eigenvalue weighted by Crippen LogP contribution is 2.40. The Hall–Kier alpha value is -0.710. The maximum Gasteiger partial charge on any atom is 0.0897 e. The molecular weight excluding hydrogens is 244 g/mol. The van der Waals surface area contributed by atoms with E-state index < -0.39 is 0 Å². The fourth-order valence-corrected chi connectivity index (χ4v) is 3.95.